The predicted octanol–water partition coefficient (Wildman–Crippen LogP) is 3.94. The summed E-state index contributed by atoms with van der Waals surface area (Å²) in [5, 5.41) is 0.542. The summed E-state index contributed by atoms with van der Waals surface area (Å²) in [5.74, 6) is 1.58. The highest BCUT2D eigenvalue weighted by Crippen LogP contribution is 2.27. The molecule has 1 saturated carbocycles. The van der Waals surface area contributed by atoms with E-state index in [1.54, 1.807) is 11.8 Å². The number of benzene rings is 1. The largest absolute Gasteiger partial charge is 0.490 e. The molecule has 1 aliphatic rings. The van der Waals surface area contributed by atoms with Crippen LogP contribution >= 0.6 is 11.8 Å². The average molecular weight is 264 g/mol. The molecule has 0 aromatic heterocycles. The van der Waals surface area contributed by atoms with Crippen LogP contribution in [0.1, 0.15) is 43.5 Å². The molecular weight excluding hydrogens is 244 g/mol. The fraction of sp³-hybridized carbons (Fsp3) is 0.533. The Labute approximate surface area is 113 Å². The van der Waals surface area contributed by atoms with Gasteiger partial charge >= 0.3 is 0 Å². The van der Waals surface area contributed by atoms with E-state index in [2.05, 4.69) is 13.8 Å². The molecule has 0 aliphatic heterocycles. The summed E-state index contributed by atoms with van der Waals surface area (Å²) >= 11 is 1.72. The Morgan fingerprint density at radius 3 is 2.94 bits per heavy atom. The van der Waals surface area contributed by atoms with Crippen LogP contribution < -0.4 is 4.74 Å². The Kier molecular flexibility index (Phi) is 4.70. The molecule has 1 aliphatic carbocycles. The zero-order valence-electron chi connectivity index (χ0n) is 11.0. The molecule has 1 aromatic carbocycles. The fourth-order valence-corrected chi connectivity index (χ4v) is 2.38. The smallest absolute Gasteiger partial charge is 0.172 e. The molecule has 2 nitrogen and oxygen atoms in total. The van der Waals surface area contributed by atoms with Crippen molar-refractivity contribution in [2.75, 3.05) is 5.75 Å². The topological polar surface area (TPSA) is 26.3 Å². The van der Waals surface area contributed by atoms with Gasteiger partial charge in [-0.2, -0.15) is 11.8 Å². The van der Waals surface area contributed by atoms with Gasteiger partial charge in [-0.25, -0.2) is 0 Å². The highest BCUT2D eigenvalue weighted by molar-refractivity contribution is 8.00. The number of ether oxygens (including phenoxy) is 1. The van der Waals surface area contributed by atoms with Crippen LogP contribution in [0.4, 0.5) is 0 Å². The lowest BCUT2D eigenvalue weighted by Gasteiger charge is -2.08. The van der Waals surface area contributed by atoms with E-state index >= 15 is 0 Å². The zero-order valence-corrected chi connectivity index (χ0v) is 11.8. The summed E-state index contributed by atoms with van der Waals surface area (Å²) in [7, 11) is 0. The molecule has 0 heterocycles. The lowest BCUT2D eigenvalue weighted by molar-refractivity contribution is 0.102. The second-order valence-electron chi connectivity index (χ2n) is 4.80. The molecule has 0 N–H and O–H groups in total. The van der Waals surface area contributed by atoms with Crippen LogP contribution in [-0.2, 0) is 0 Å². The van der Waals surface area contributed by atoms with Crippen molar-refractivity contribution in [1.82, 2.24) is 0 Å². The summed E-state index contributed by atoms with van der Waals surface area (Å²) in [5.41, 5.74) is 0.768. The van der Waals surface area contributed by atoms with Gasteiger partial charge < -0.3 is 4.74 Å². The molecule has 0 radical (unpaired) electrons. The molecule has 0 spiro atoms. The van der Waals surface area contributed by atoms with Crippen molar-refractivity contribution in [2.45, 2.75) is 44.5 Å². The first kappa shape index (κ1) is 13.5. The van der Waals surface area contributed by atoms with Gasteiger partial charge in [-0.3, -0.25) is 4.79 Å². The standard InChI is InChI=1S/C15H20O2S/c1-3-11(2)18-10-15(16)12-5-4-6-14(9-12)17-13-7-8-13/h4-6,9,11,13H,3,7-8,10H2,1-2H3. The molecule has 0 bridgehead atoms. The Morgan fingerprint density at radius 2 is 2.28 bits per heavy atom. The van der Waals surface area contributed by atoms with E-state index in [9.17, 15) is 4.79 Å². The maximum atomic E-state index is 12.0. The van der Waals surface area contributed by atoms with Crippen molar-refractivity contribution < 1.29 is 9.53 Å². The fourth-order valence-electron chi connectivity index (χ4n) is 1.54. The molecule has 1 fully saturated rings. The van der Waals surface area contributed by atoms with E-state index in [1.165, 1.54) is 0 Å². The monoisotopic (exact) mass is 264 g/mol. The quantitative estimate of drug-likeness (QED) is 0.698. The number of hydrogen-bond acceptors (Lipinski definition) is 3. The van der Waals surface area contributed by atoms with Crippen LogP contribution in [0.15, 0.2) is 24.3 Å². The maximum absolute atomic E-state index is 12.0. The number of rotatable bonds is 7. The Hall–Kier alpha value is -0.960. The summed E-state index contributed by atoms with van der Waals surface area (Å²) in [4.78, 5) is 12.0. The van der Waals surface area contributed by atoms with Gasteiger partial charge in [0.1, 0.15) is 5.75 Å². The molecule has 98 valence electrons. The summed E-state index contributed by atoms with van der Waals surface area (Å²) in [6.07, 6.45) is 3.76. The van der Waals surface area contributed by atoms with Gasteiger partial charge in [-0.15, -0.1) is 0 Å². The molecule has 3 heteroatoms. The first-order valence-corrected chi connectivity index (χ1v) is 7.65. The Balaban J connectivity index is 1.92. The third-order valence-electron chi connectivity index (χ3n) is 3.06. The predicted molar refractivity (Wildman–Crippen MR) is 76.6 cm³/mol. The van der Waals surface area contributed by atoms with E-state index < -0.39 is 0 Å². The number of Topliss-reactive ketones (excluding diaryl/α,β-unsaturated/α-hetero) is 1. The highest BCUT2D eigenvalue weighted by atomic mass is 32.2. The first-order valence-electron chi connectivity index (χ1n) is 6.60. The molecule has 2 rings (SSSR count). The first-order chi connectivity index (χ1) is 8.69. The van der Waals surface area contributed by atoms with Crippen LogP contribution in [0.5, 0.6) is 5.75 Å². The molecule has 0 amide bonds. The minimum absolute atomic E-state index is 0.196. The van der Waals surface area contributed by atoms with Crippen molar-refractivity contribution in [1.29, 1.82) is 0 Å². The molecule has 0 saturated heterocycles. The van der Waals surface area contributed by atoms with Crippen molar-refractivity contribution >= 4 is 17.5 Å². The number of ketones is 1. The third-order valence-corrected chi connectivity index (χ3v) is 4.39. The molecule has 1 unspecified atom stereocenters. The van der Waals surface area contributed by atoms with Crippen molar-refractivity contribution in [3.05, 3.63) is 29.8 Å². The lowest BCUT2D eigenvalue weighted by atomic mass is 10.1. The second-order valence-corrected chi connectivity index (χ2v) is 6.22. The number of carbonyl (C=O) groups is 1. The summed E-state index contributed by atoms with van der Waals surface area (Å²) in [6.45, 7) is 4.30. The van der Waals surface area contributed by atoms with Crippen molar-refractivity contribution in [3.8, 4) is 5.75 Å². The Morgan fingerprint density at radius 1 is 1.50 bits per heavy atom. The SMILES string of the molecule is CCC(C)SCC(=O)c1cccc(OC2CC2)c1. The van der Waals surface area contributed by atoms with Crippen LogP contribution in [0.3, 0.4) is 0 Å². The summed E-state index contributed by atoms with van der Waals surface area (Å²) in [6, 6.07) is 7.58. The number of thioether (sulfide) groups is 1. The van der Waals surface area contributed by atoms with Gasteiger partial charge in [-0.05, 0) is 31.4 Å². The normalized spacial score (nSPS) is 16.3. The Bertz CT molecular complexity index is 413. The van der Waals surface area contributed by atoms with Gasteiger partial charge in [0.2, 0.25) is 0 Å². The molecule has 1 aromatic rings. The highest BCUT2D eigenvalue weighted by Gasteiger charge is 2.23. The summed E-state index contributed by atoms with van der Waals surface area (Å²) < 4.78 is 5.70. The van der Waals surface area contributed by atoms with Crippen molar-refractivity contribution in [3.63, 3.8) is 0 Å². The average Bonchev–Trinajstić information content (AvgIpc) is 3.19. The number of carbonyl (C=O) groups excluding carboxylic acids is 1. The van der Waals surface area contributed by atoms with Crippen LogP contribution in [0, 0.1) is 0 Å². The van der Waals surface area contributed by atoms with Crippen molar-refractivity contribution in [2.24, 2.45) is 0 Å². The van der Waals surface area contributed by atoms with Gasteiger partial charge in [-0.1, -0.05) is 26.0 Å². The van der Waals surface area contributed by atoms with E-state index in [0.29, 0.717) is 17.1 Å². The third kappa shape index (κ3) is 4.05. The lowest BCUT2D eigenvalue weighted by Crippen LogP contribution is -2.06. The van der Waals surface area contributed by atoms with Crippen LogP contribution in [0.2, 0.25) is 0 Å². The minimum atomic E-state index is 0.196. The maximum Gasteiger partial charge on any atom is 0.172 e. The minimum Gasteiger partial charge on any atom is -0.490 e. The molecular formula is C15H20O2S. The van der Waals surface area contributed by atoms with Gasteiger partial charge in [0.15, 0.2) is 5.78 Å². The van der Waals surface area contributed by atoms with Gasteiger partial charge in [0.25, 0.3) is 0 Å². The second kappa shape index (κ2) is 6.28. The van der Waals surface area contributed by atoms with E-state index in [0.717, 1.165) is 30.6 Å². The van der Waals surface area contributed by atoms with Gasteiger partial charge in [0, 0.05) is 10.8 Å². The number of hydrogen-bond donors (Lipinski definition) is 0. The zero-order chi connectivity index (χ0) is 13.0. The van der Waals surface area contributed by atoms with E-state index in [-0.39, 0.29) is 5.78 Å². The molecule has 1 atom stereocenters. The van der Waals surface area contributed by atoms with Gasteiger partial charge in [0.05, 0.1) is 11.9 Å². The van der Waals surface area contributed by atoms with Crippen LogP contribution in [-0.4, -0.2) is 22.9 Å². The van der Waals surface area contributed by atoms with Crippen LogP contribution in [0.25, 0.3) is 0 Å². The van der Waals surface area contributed by atoms with E-state index in [1.807, 2.05) is 24.3 Å². The van der Waals surface area contributed by atoms with E-state index in [4.69, 9.17) is 4.74 Å². The molecule has 18 heavy (non-hydrogen) atoms.